The summed E-state index contributed by atoms with van der Waals surface area (Å²) in [6, 6.07) is 11.3. The molecule has 1 atom stereocenters. The van der Waals surface area contributed by atoms with Gasteiger partial charge in [0.05, 0.1) is 5.69 Å². The van der Waals surface area contributed by atoms with Crippen molar-refractivity contribution in [2.75, 3.05) is 0 Å². The van der Waals surface area contributed by atoms with Gasteiger partial charge in [-0.05, 0) is 68.3 Å². The summed E-state index contributed by atoms with van der Waals surface area (Å²) >= 11 is 6.99. The van der Waals surface area contributed by atoms with E-state index in [0.29, 0.717) is 6.04 Å². The minimum absolute atomic E-state index is 0.544. The number of hydrogen-bond acceptors (Lipinski definition) is 2. The number of benzene rings is 1. The van der Waals surface area contributed by atoms with E-state index in [9.17, 15) is 0 Å². The monoisotopic (exact) mass is 394 g/mol. The Morgan fingerprint density at radius 1 is 1.20 bits per heavy atom. The van der Waals surface area contributed by atoms with Crippen LogP contribution < -0.4 is 5.32 Å². The zero-order valence-electron chi connectivity index (χ0n) is 11.1. The molecule has 4 heteroatoms. The largest absolute Gasteiger partial charge is 0.308 e. The van der Waals surface area contributed by atoms with Gasteiger partial charge in [0.25, 0.3) is 0 Å². The molecular weight excluding hydrogens is 380 g/mol. The van der Waals surface area contributed by atoms with Gasteiger partial charge >= 0.3 is 0 Å². The lowest BCUT2D eigenvalue weighted by Gasteiger charge is -2.25. The van der Waals surface area contributed by atoms with Crippen LogP contribution in [0.5, 0.6) is 0 Å². The molecule has 2 nitrogen and oxygen atoms in total. The number of nitrogens with one attached hydrogen (secondary N) is 1. The van der Waals surface area contributed by atoms with Gasteiger partial charge in [0.1, 0.15) is 0 Å². The topological polar surface area (TPSA) is 24.9 Å². The van der Waals surface area contributed by atoms with Gasteiger partial charge in [-0.15, -0.1) is 0 Å². The van der Waals surface area contributed by atoms with Gasteiger partial charge in [-0.1, -0.05) is 24.3 Å². The van der Waals surface area contributed by atoms with Crippen molar-refractivity contribution in [1.82, 2.24) is 10.3 Å². The molecule has 1 N–H and O–H groups in total. The standard InChI is InChI=1S/C16H16Br2N2/c17-13-8-15(18)16(20-9-13)10-19-14-6-5-11-3-1-2-4-12(11)7-14/h1-4,8-9,14,19H,5-7,10H2. The Kier molecular flexibility index (Phi) is 4.54. The molecule has 0 saturated heterocycles. The third-order valence-electron chi connectivity index (χ3n) is 3.79. The van der Waals surface area contributed by atoms with E-state index in [1.807, 2.05) is 12.3 Å². The Morgan fingerprint density at radius 2 is 2.00 bits per heavy atom. The molecule has 104 valence electrons. The highest BCUT2D eigenvalue weighted by Gasteiger charge is 2.18. The first kappa shape index (κ1) is 14.2. The second kappa shape index (κ2) is 6.37. The van der Waals surface area contributed by atoms with E-state index in [0.717, 1.165) is 27.6 Å². The summed E-state index contributed by atoms with van der Waals surface area (Å²) in [4.78, 5) is 4.45. The second-order valence-corrected chi connectivity index (χ2v) is 6.94. The van der Waals surface area contributed by atoms with E-state index in [1.165, 1.54) is 24.0 Å². The van der Waals surface area contributed by atoms with Crippen molar-refractivity contribution >= 4 is 31.9 Å². The van der Waals surface area contributed by atoms with Crippen molar-refractivity contribution in [3.8, 4) is 0 Å². The number of rotatable bonds is 3. The quantitative estimate of drug-likeness (QED) is 0.839. The average molecular weight is 396 g/mol. The summed E-state index contributed by atoms with van der Waals surface area (Å²) in [5.74, 6) is 0. The lowest BCUT2D eigenvalue weighted by molar-refractivity contribution is 0.454. The number of fused-ring (bicyclic) bond motifs is 1. The lowest BCUT2D eigenvalue weighted by atomic mass is 9.88. The second-order valence-electron chi connectivity index (χ2n) is 5.17. The summed E-state index contributed by atoms with van der Waals surface area (Å²) in [5, 5.41) is 3.63. The zero-order valence-corrected chi connectivity index (χ0v) is 14.2. The van der Waals surface area contributed by atoms with Crippen LogP contribution in [-0.4, -0.2) is 11.0 Å². The molecular formula is C16H16Br2N2. The molecule has 0 bridgehead atoms. The summed E-state index contributed by atoms with van der Waals surface area (Å²) in [5.41, 5.74) is 4.06. The van der Waals surface area contributed by atoms with E-state index in [4.69, 9.17) is 0 Å². The molecule has 0 aliphatic heterocycles. The third-order valence-corrected chi connectivity index (χ3v) is 4.91. The highest BCUT2D eigenvalue weighted by Crippen LogP contribution is 2.23. The molecule has 0 fully saturated rings. The molecule has 0 amide bonds. The fraction of sp³-hybridized carbons (Fsp3) is 0.312. The fourth-order valence-corrected chi connectivity index (χ4v) is 3.81. The van der Waals surface area contributed by atoms with Crippen LogP contribution in [0.1, 0.15) is 23.2 Å². The van der Waals surface area contributed by atoms with Crippen LogP contribution in [0.2, 0.25) is 0 Å². The molecule has 2 aromatic rings. The van der Waals surface area contributed by atoms with Crippen molar-refractivity contribution in [2.45, 2.75) is 31.8 Å². The first-order chi connectivity index (χ1) is 9.72. The van der Waals surface area contributed by atoms with Gasteiger partial charge < -0.3 is 5.32 Å². The van der Waals surface area contributed by atoms with Gasteiger partial charge in [-0.2, -0.15) is 0 Å². The van der Waals surface area contributed by atoms with Crippen LogP contribution in [-0.2, 0) is 19.4 Å². The number of halogens is 2. The predicted molar refractivity (Wildman–Crippen MR) is 88.7 cm³/mol. The average Bonchev–Trinajstić information content (AvgIpc) is 2.46. The van der Waals surface area contributed by atoms with Gasteiger partial charge in [0, 0.05) is 27.7 Å². The highest BCUT2D eigenvalue weighted by atomic mass is 79.9. The van der Waals surface area contributed by atoms with Crippen LogP contribution in [0.15, 0.2) is 45.5 Å². The maximum absolute atomic E-state index is 4.45. The molecule has 1 aromatic heterocycles. The van der Waals surface area contributed by atoms with Crippen molar-refractivity contribution < 1.29 is 0 Å². The SMILES string of the molecule is Brc1cnc(CNC2CCc3ccccc3C2)c(Br)c1. The number of aromatic nitrogens is 1. The van der Waals surface area contributed by atoms with Crippen LogP contribution in [0.4, 0.5) is 0 Å². The Labute approximate surface area is 136 Å². The van der Waals surface area contributed by atoms with Crippen LogP contribution >= 0.6 is 31.9 Å². The Bertz CT molecular complexity index is 613. The molecule has 1 unspecified atom stereocenters. The van der Waals surface area contributed by atoms with Crippen molar-refractivity contribution in [1.29, 1.82) is 0 Å². The van der Waals surface area contributed by atoms with Gasteiger partial charge in [-0.25, -0.2) is 0 Å². The molecule has 1 aromatic carbocycles. The van der Waals surface area contributed by atoms with Gasteiger partial charge in [0.2, 0.25) is 0 Å². The molecule has 0 radical (unpaired) electrons. The number of hydrogen-bond donors (Lipinski definition) is 1. The summed E-state index contributed by atoms with van der Waals surface area (Å²) in [6.07, 6.45) is 5.33. The molecule has 1 aliphatic carbocycles. The molecule has 1 aliphatic rings. The molecule has 0 saturated carbocycles. The van der Waals surface area contributed by atoms with Crippen LogP contribution in [0.25, 0.3) is 0 Å². The third kappa shape index (κ3) is 3.30. The highest BCUT2D eigenvalue weighted by molar-refractivity contribution is 9.11. The first-order valence-corrected chi connectivity index (χ1v) is 8.41. The summed E-state index contributed by atoms with van der Waals surface area (Å²) in [7, 11) is 0. The fourth-order valence-electron chi connectivity index (χ4n) is 2.69. The predicted octanol–water partition coefficient (Wildman–Crippen LogP) is 4.25. The van der Waals surface area contributed by atoms with Gasteiger partial charge in [0.15, 0.2) is 0 Å². The lowest BCUT2D eigenvalue weighted by Crippen LogP contribution is -2.34. The van der Waals surface area contributed by atoms with Gasteiger partial charge in [-0.3, -0.25) is 4.98 Å². The molecule has 20 heavy (non-hydrogen) atoms. The number of pyridine rings is 1. The maximum atomic E-state index is 4.45. The van der Waals surface area contributed by atoms with Crippen LogP contribution in [0, 0.1) is 0 Å². The van der Waals surface area contributed by atoms with Crippen molar-refractivity contribution in [2.24, 2.45) is 0 Å². The van der Waals surface area contributed by atoms with E-state index in [2.05, 4.69) is 66.4 Å². The molecule has 1 heterocycles. The minimum Gasteiger partial charge on any atom is -0.308 e. The Balaban J connectivity index is 1.63. The minimum atomic E-state index is 0.544. The number of aryl methyl sites for hydroxylation is 1. The Hall–Kier alpha value is -0.710. The first-order valence-electron chi connectivity index (χ1n) is 6.82. The zero-order chi connectivity index (χ0) is 13.9. The smallest absolute Gasteiger partial charge is 0.0684 e. The van der Waals surface area contributed by atoms with Crippen molar-refractivity contribution in [3.63, 3.8) is 0 Å². The molecule has 0 spiro atoms. The number of nitrogens with zero attached hydrogens (tertiary/aromatic N) is 1. The molecule has 3 rings (SSSR count). The van der Waals surface area contributed by atoms with Crippen molar-refractivity contribution in [3.05, 3.63) is 62.3 Å². The van der Waals surface area contributed by atoms with E-state index >= 15 is 0 Å². The normalized spacial score (nSPS) is 17.8. The van der Waals surface area contributed by atoms with E-state index < -0.39 is 0 Å². The summed E-state index contributed by atoms with van der Waals surface area (Å²) < 4.78 is 2.05. The Morgan fingerprint density at radius 3 is 2.80 bits per heavy atom. The van der Waals surface area contributed by atoms with E-state index in [1.54, 1.807) is 0 Å². The maximum Gasteiger partial charge on any atom is 0.0684 e. The summed E-state index contributed by atoms with van der Waals surface area (Å²) in [6.45, 7) is 0.806. The van der Waals surface area contributed by atoms with E-state index in [-0.39, 0.29) is 0 Å². The van der Waals surface area contributed by atoms with Crippen LogP contribution in [0.3, 0.4) is 0 Å².